The molecule has 1 saturated heterocycles. The zero-order chi connectivity index (χ0) is 30.0. The highest BCUT2D eigenvalue weighted by atomic mass is 32.1. The molecule has 4 rings (SSSR count). The average molecular weight is 604 g/mol. The maximum atomic E-state index is 14.4. The van der Waals surface area contributed by atoms with Gasteiger partial charge in [-0.15, -0.1) is 11.3 Å². The molecule has 2 aromatic rings. The summed E-state index contributed by atoms with van der Waals surface area (Å²) in [4.78, 5) is 35.5. The molecule has 14 heteroatoms. The normalized spacial score (nSPS) is 18.3. The van der Waals surface area contributed by atoms with Crippen molar-refractivity contribution in [3.8, 4) is 10.4 Å². The van der Waals surface area contributed by atoms with E-state index in [4.69, 9.17) is 0 Å². The van der Waals surface area contributed by atoms with Crippen molar-refractivity contribution in [1.82, 2.24) is 20.2 Å². The molecule has 226 valence electrons. The lowest BCUT2D eigenvalue weighted by molar-refractivity contribution is -0.137. The number of halogens is 5. The summed E-state index contributed by atoms with van der Waals surface area (Å²) in [6, 6.07) is 0.891. The number of likely N-dealkylation sites (tertiary alicyclic amines) is 1. The Hall–Kier alpha value is -2.87. The number of aromatic nitrogens is 2. The van der Waals surface area contributed by atoms with Crippen LogP contribution in [-0.2, 0) is 6.18 Å². The van der Waals surface area contributed by atoms with Crippen LogP contribution >= 0.6 is 11.3 Å². The van der Waals surface area contributed by atoms with Crippen molar-refractivity contribution in [3.63, 3.8) is 0 Å². The van der Waals surface area contributed by atoms with Crippen LogP contribution in [0.1, 0.15) is 91.1 Å². The van der Waals surface area contributed by atoms with E-state index >= 15 is 0 Å². The van der Waals surface area contributed by atoms with Crippen molar-refractivity contribution in [2.75, 3.05) is 25.0 Å². The molecular formula is C27H34F5N5O3S. The zero-order valence-corrected chi connectivity index (χ0v) is 23.7. The number of anilines is 1. The summed E-state index contributed by atoms with van der Waals surface area (Å²) in [7, 11) is 0. The molecule has 3 heterocycles. The summed E-state index contributed by atoms with van der Waals surface area (Å²) in [5.41, 5.74) is -2.97. The number of carbonyl (C=O) groups excluding carboxylic acids is 2. The second kappa shape index (κ2) is 12.2. The minimum Gasteiger partial charge on any atom is -0.390 e. The molecule has 0 bridgehead atoms. The largest absolute Gasteiger partial charge is 0.417 e. The second-order valence-electron chi connectivity index (χ2n) is 11.3. The van der Waals surface area contributed by atoms with E-state index in [1.807, 2.05) is 0 Å². The molecule has 0 unspecified atom stereocenters. The number of piperidine rings is 1. The lowest BCUT2D eigenvalue weighted by atomic mass is 9.95. The Bertz CT molecular complexity index is 1240. The molecular weight excluding hydrogens is 569 g/mol. The lowest BCUT2D eigenvalue weighted by Crippen LogP contribution is -2.43. The molecule has 1 aliphatic carbocycles. The van der Waals surface area contributed by atoms with Crippen molar-refractivity contribution < 1.29 is 36.6 Å². The summed E-state index contributed by atoms with van der Waals surface area (Å²) in [5, 5.41) is 15.3. The Morgan fingerprint density at radius 1 is 1.15 bits per heavy atom. The highest BCUT2D eigenvalue weighted by Gasteiger charge is 2.40. The zero-order valence-electron chi connectivity index (χ0n) is 22.9. The number of pyridine rings is 1. The molecule has 0 radical (unpaired) electrons. The Kier molecular flexibility index (Phi) is 9.22. The third kappa shape index (κ3) is 8.12. The number of thiazole rings is 1. The van der Waals surface area contributed by atoms with E-state index in [-0.39, 0.29) is 47.8 Å². The molecule has 41 heavy (non-hydrogen) atoms. The molecule has 2 aliphatic rings. The number of hydrogen-bond donors (Lipinski definition) is 3. The highest BCUT2D eigenvalue weighted by Crippen LogP contribution is 2.42. The molecule has 8 nitrogen and oxygen atoms in total. The molecule has 0 spiro atoms. The SMILES string of the molecule is CC(C)(O)CCNC(=O)c1nc(C(=O)N2CCC(F)(F)CC2)c(-c2cnc(NC3CCCCC3)cc2C(F)(F)F)s1. The van der Waals surface area contributed by atoms with Crippen molar-refractivity contribution in [2.24, 2.45) is 0 Å². The first-order chi connectivity index (χ1) is 19.1. The standard InChI is InChI=1S/C27H34F5N5O3S/c1-25(2,40)8-11-33-22(38)23-36-20(24(39)37-12-9-26(28,29)10-13-37)21(41-23)17-15-34-19(14-18(17)27(30,31)32)35-16-6-4-3-5-7-16/h14-16,40H,3-13H2,1-2H3,(H,33,38)(H,34,35). The van der Waals surface area contributed by atoms with Gasteiger partial charge in [-0.3, -0.25) is 9.59 Å². The van der Waals surface area contributed by atoms with Gasteiger partial charge in [0.2, 0.25) is 0 Å². The van der Waals surface area contributed by atoms with Gasteiger partial charge >= 0.3 is 6.18 Å². The van der Waals surface area contributed by atoms with Gasteiger partial charge in [0.15, 0.2) is 5.01 Å². The number of aliphatic hydroxyl groups is 1. The second-order valence-corrected chi connectivity index (χ2v) is 12.3. The van der Waals surface area contributed by atoms with E-state index in [1.165, 1.54) is 0 Å². The van der Waals surface area contributed by atoms with Crippen LogP contribution in [0, 0.1) is 0 Å². The molecule has 1 saturated carbocycles. The van der Waals surface area contributed by atoms with Gasteiger partial charge in [-0.2, -0.15) is 13.2 Å². The fourth-order valence-electron chi connectivity index (χ4n) is 4.89. The van der Waals surface area contributed by atoms with Crippen molar-refractivity contribution in [2.45, 2.75) is 89.0 Å². The van der Waals surface area contributed by atoms with Crippen LogP contribution in [0.15, 0.2) is 12.3 Å². The van der Waals surface area contributed by atoms with E-state index in [0.29, 0.717) is 11.3 Å². The summed E-state index contributed by atoms with van der Waals surface area (Å²) in [6.07, 6.45) is -0.136. The topological polar surface area (TPSA) is 107 Å². The molecule has 2 aromatic heterocycles. The van der Waals surface area contributed by atoms with E-state index < -0.39 is 59.2 Å². The van der Waals surface area contributed by atoms with Gasteiger partial charge in [0, 0.05) is 50.3 Å². The molecule has 2 fully saturated rings. The fraction of sp³-hybridized carbons (Fsp3) is 0.630. The minimum atomic E-state index is -4.83. The van der Waals surface area contributed by atoms with Gasteiger partial charge in [0.05, 0.1) is 16.0 Å². The van der Waals surface area contributed by atoms with Crippen LogP contribution in [0.25, 0.3) is 10.4 Å². The number of nitrogens with zero attached hydrogens (tertiary/aromatic N) is 3. The van der Waals surface area contributed by atoms with Crippen LogP contribution in [0.5, 0.6) is 0 Å². The first-order valence-corrected chi connectivity index (χ1v) is 14.5. The molecule has 0 atom stereocenters. The van der Waals surface area contributed by atoms with Crippen LogP contribution in [0.2, 0.25) is 0 Å². The first-order valence-electron chi connectivity index (χ1n) is 13.7. The molecule has 3 N–H and O–H groups in total. The number of rotatable bonds is 8. The van der Waals surface area contributed by atoms with Gasteiger partial charge in [0.25, 0.3) is 17.7 Å². The summed E-state index contributed by atoms with van der Waals surface area (Å²) >= 11 is 0.601. The fourth-order valence-corrected chi connectivity index (χ4v) is 5.89. The van der Waals surface area contributed by atoms with Gasteiger partial charge < -0.3 is 20.6 Å². The number of carbonyl (C=O) groups is 2. The number of alkyl halides is 5. The van der Waals surface area contributed by atoms with Crippen LogP contribution < -0.4 is 10.6 Å². The average Bonchev–Trinajstić information content (AvgIpc) is 3.33. The van der Waals surface area contributed by atoms with Gasteiger partial charge in [-0.05, 0) is 39.2 Å². The molecule has 1 aliphatic heterocycles. The highest BCUT2D eigenvalue weighted by molar-refractivity contribution is 7.17. The third-order valence-electron chi connectivity index (χ3n) is 7.24. The predicted octanol–water partition coefficient (Wildman–Crippen LogP) is 5.73. The monoisotopic (exact) mass is 603 g/mol. The lowest BCUT2D eigenvalue weighted by Gasteiger charge is -2.31. The van der Waals surface area contributed by atoms with Crippen molar-refractivity contribution in [1.29, 1.82) is 0 Å². The quantitative estimate of drug-likeness (QED) is 0.333. The number of amides is 2. The number of hydrogen-bond acceptors (Lipinski definition) is 7. The first kappa shape index (κ1) is 31.1. The van der Waals surface area contributed by atoms with Gasteiger partial charge in [0.1, 0.15) is 11.5 Å². The predicted molar refractivity (Wildman–Crippen MR) is 144 cm³/mol. The number of nitrogens with one attached hydrogen (secondary N) is 2. The Morgan fingerprint density at radius 2 is 1.80 bits per heavy atom. The summed E-state index contributed by atoms with van der Waals surface area (Å²) in [5.74, 6) is -4.46. The molecule has 0 aromatic carbocycles. The van der Waals surface area contributed by atoms with E-state index in [2.05, 4.69) is 20.6 Å². The smallest absolute Gasteiger partial charge is 0.390 e. The van der Waals surface area contributed by atoms with E-state index in [9.17, 15) is 36.6 Å². The maximum absolute atomic E-state index is 14.4. The van der Waals surface area contributed by atoms with E-state index in [1.54, 1.807) is 13.8 Å². The van der Waals surface area contributed by atoms with Crippen LogP contribution in [0.3, 0.4) is 0 Å². The summed E-state index contributed by atoms with van der Waals surface area (Å²) < 4.78 is 70.5. The Morgan fingerprint density at radius 3 is 2.41 bits per heavy atom. The van der Waals surface area contributed by atoms with E-state index in [0.717, 1.165) is 49.3 Å². The minimum absolute atomic E-state index is 0.000142. The van der Waals surface area contributed by atoms with Crippen molar-refractivity contribution >= 4 is 29.0 Å². The summed E-state index contributed by atoms with van der Waals surface area (Å²) in [6.45, 7) is 2.56. The Balaban J connectivity index is 1.71. The maximum Gasteiger partial charge on any atom is 0.417 e. The van der Waals surface area contributed by atoms with Crippen LogP contribution in [0.4, 0.5) is 27.8 Å². The van der Waals surface area contributed by atoms with Gasteiger partial charge in [-0.25, -0.2) is 18.7 Å². The third-order valence-corrected chi connectivity index (χ3v) is 8.33. The van der Waals surface area contributed by atoms with Crippen molar-refractivity contribution in [3.05, 3.63) is 28.5 Å². The Labute approximate surface area is 238 Å². The van der Waals surface area contributed by atoms with Gasteiger partial charge in [-0.1, -0.05) is 19.3 Å². The molecule has 2 amide bonds. The van der Waals surface area contributed by atoms with Crippen LogP contribution in [-0.4, -0.2) is 69.0 Å².